The van der Waals surface area contributed by atoms with Crippen LogP contribution in [0.2, 0.25) is 0 Å². The smallest absolute Gasteiger partial charge is 0.175 e. The van der Waals surface area contributed by atoms with Crippen LogP contribution in [0.1, 0.15) is 11.1 Å². The van der Waals surface area contributed by atoms with Gasteiger partial charge in [0.2, 0.25) is 0 Å². The Morgan fingerprint density at radius 2 is 1.70 bits per heavy atom. The number of benzene rings is 2. The lowest BCUT2D eigenvalue weighted by Gasteiger charge is -2.11. The van der Waals surface area contributed by atoms with E-state index < -0.39 is 9.84 Å². The van der Waals surface area contributed by atoms with Gasteiger partial charge in [-0.1, -0.05) is 35.9 Å². The Morgan fingerprint density at radius 1 is 1.05 bits per heavy atom. The summed E-state index contributed by atoms with van der Waals surface area (Å²) in [5.74, 6) is 0. The van der Waals surface area contributed by atoms with E-state index in [1.807, 2.05) is 31.2 Å². The summed E-state index contributed by atoms with van der Waals surface area (Å²) >= 11 is 0. The third-order valence-corrected chi connectivity index (χ3v) is 4.28. The van der Waals surface area contributed by atoms with Gasteiger partial charge in [-0.3, -0.25) is 0 Å². The van der Waals surface area contributed by atoms with E-state index in [9.17, 15) is 8.42 Å². The van der Waals surface area contributed by atoms with Gasteiger partial charge < -0.3 is 4.74 Å². The molecule has 0 amide bonds. The second kappa shape index (κ2) is 5.77. The maximum absolute atomic E-state index is 11.5. The summed E-state index contributed by atoms with van der Waals surface area (Å²) in [5, 5.41) is 0. The van der Waals surface area contributed by atoms with Gasteiger partial charge in [0.15, 0.2) is 9.84 Å². The highest BCUT2D eigenvalue weighted by molar-refractivity contribution is 7.90. The third kappa shape index (κ3) is 3.26. The van der Waals surface area contributed by atoms with Crippen LogP contribution in [-0.2, 0) is 21.2 Å². The maximum Gasteiger partial charge on any atom is 0.175 e. The average Bonchev–Trinajstić information content (AvgIpc) is 2.38. The first kappa shape index (κ1) is 14.8. The van der Waals surface area contributed by atoms with Gasteiger partial charge in [-0.25, -0.2) is 8.42 Å². The van der Waals surface area contributed by atoms with Crippen molar-refractivity contribution in [2.24, 2.45) is 0 Å². The van der Waals surface area contributed by atoms with E-state index in [2.05, 4.69) is 6.07 Å². The maximum atomic E-state index is 11.5. The van der Waals surface area contributed by atoms with E-state index in [-0.39, 0.29) is 0 Å². The molecule has 4 heteroatoms. The molecular formula is C16H18O3S. The summed E-state index contributed by atoms with van der Waals surface area (Å²) in [6.07, 6.45) is 1.21. The highest BCUT2D eigenvalue weighted by Crippen LogP contribution is 2.26. The van der Waals surface area contributed by atoms with Gasteiger partial charge in [0.25, 0.3) is 0 Å². The first-order valence-corrected chi connectivity index (χ1v) is 8.20. The Hall–Kier alpha value is -1.65. The van der Waals surface area contributed by atoms with Crippen LogP contribution in [0.5, 0.6) is 0 Å². The number of sulfone groups is 1. The largest absolute Gasteiger partial charge is 0.380 e. The van der Waals surface area contributed by atoms with Gasteiger partial charge in [-0.2, -0.15) is 0 Å². The first-order chi connectivity index (χ1) is 9.41. The van der Waals surface area contributed by atoms with Crippen molar-refractivity contribution in [2.75, 3.05) is 13.4 Å². The lowest BCUT2D eigenvalue weighted by Crippen LogP contribution is -1.97. The van der Waals surface area contributed by atoms with Crippen molar-refractivity contribution in [3.05, 3.63) is 53.6 Å². The molecule has 0 unspecified atom stereocenters. The topological polar surface area (TPSA) is 43.4 Å². The number of methoxy groups -OCH3 is 1. The third-order valence-electron chi connectivity index (χ3n) is 3.15. The van der Waals surface area contributed by atoms with Gasteiger partial charge in [-0.05, 0) is 35.7 Å². The van der Waals surface area contributed by atoms with E-state index in [0.717, 1.165) is 16.7 Å². The zero-order valence-corrected chi connectivity index (χ0v) is 12.7. The van der Waals surface area contributed by atoms with Crippen molar-refractivity contribution in [2.45, 2.75) is 18.4 Å². The molecule has 0 aliphatic heterocycles. The van der Waals surface area contributed by atoms with Crippen LogP contribution in [0.15, 0.2) is 47.4 Å². The predicted molar refractivity (Wildman–Crippen MR) is 80.4 cm³/mol. The molecule has 0 radical (unpaired) electrons. The Labute approximate surface area is 120 Å². The summed E-state index contributed by atoms with van der Waals surface area (Å²) in [4.78, 5) is 0.335. The van der Waals surface area contributed by atoms with Gasteiger partial charge in [0.05, 0.1) is 11.5 Å². The fraction of sp³-hybridized carbons (Fsp3) is 0.250. The predicted octanol–water partition coefficient (Wildman–Crippen LogP) is 3.21. The van der Waals surface area contributed by atoms with E-state index in [1.54, 1.807) is 19.2 Å². The molecule has 0 heterocycles. The first-order valence-electron chi connectivity index (χ1n) is 6.31. The van der Waals surface area contributed by atoms with E-state index in [4.69, 9.17) is 4.74 Å². The molecule has 2 rings (SSSR count). The van der Waals surface area contributed by atoms with Crippen molar-refractivity contribution in [3.8, 4) is 11.1 Å². The van der Waals surface area contributed by atoms with Crippen LogP contribution in [0, 0.1) is 6.92 Å². The van der Waals surface area contributed by atoms with Crippen LogP contribution >= 0.6 is 0 Å². The molecular weight excluding hydrogens is 272 g/mol. The minimum atomic E-state index is -3.15. The molecule has 0 N–H and O–H groups in total. The van der Waals surface area contributed by atoms with Crippen molar-refractivity contribution in [1.29, 1.82) is 0 Å². The molecule has 0 saturated carbocycles. The molecule has 2 aromatic carbocycles. The minimum absolute atomic E-state index is 0.335. The van der Waals surface area contributed by atoms with Crippen LogP contribution in [0.4, 0.5) is 0 Å². The van der Waals surface area contributed by atoms with Crippen molar-refractivity contribution >= 4 is 9.84 Å². The van der Waals surface area contributed by atoms with Gasteiger partial charge >= 0.3 is 0 Å². The van der Waals surface area contributed by atoms with E-state index >= 15 is 0 Å². The van der Waals surface area contributed by atoms with Crippen LogP contribution in [0.25, 0.3) is 11.1 Å². The highest BCUT2D eigenvalue weighted by Gasteiger charge is 2.09. The summed E-state index contributed by atoms with van der Waals surface area (Å²) in [6, 6.07) is 13.1. The second-order valence-corrected chi connectivity index (χ2v) is 6.91. The molecule has 0 bridgehead atoms. The lowest BCUT2D eigenvalue weighted by molar-refractivity contribution is 0.185. The number of rotatable bonds is 4. The zero-order chi connectivity index (χ0) is 14.8. The monoisotopic (exact) mass is 290 g/mol. The van der Waals surface area contributed by atoms with Crippen molar-refractivity contribution in [1.82, 2.24) is 0 Å². The number of hydrogen-bond donors (Lipinski definition) is 0. The number of ether oxygens (including phenoxy) is 1. The molecule has 2 aromatic rings. The quantitative estimate of drug-likeness (QED) is 0.868. The summed E-state index contributed by atoms with van der Waals surface area (Å²) < 4.78 is 28.2. The standard InChI is InChI=1S/C16H18O3S/c1-12-4-9-16(14(10-12)11-19-2)13-5-7-15(8-6-13)20(3,17)18/h4-10H,11H2,1-3H3. The Bertz CT molecular complexity index is 701. The molecule has 0 aromatic heterocycles. The highest BCUT2D eigenvalue weighted by atomic mass is 32.2. The molecule has 0 saturated heterocycles. The number of aryl methyl sites for hydroxylation is 1. The van der Waals surface area contributed by atoms with Gasteiger partial charge in [0.1, 0.15) is 0 Å². The van der Waals surface area contributed by atoms with Crippen LogP contribution in [0.3, 0.4) is 0 Å². The number of hydrogen-bond acceptors (Lipinski definition) is 3. The second-order valence-electron chi connectivity index (χ2n) is 4.89. The molecule has 20 heavy (non-hydrogen) atoms. The van der Waals surface area contributed by atoms with E-state index in [1.165, 1.54) is 11.8 Å². The average molecular weight is 290 g/mol. The molecule has 106 valence electrons. The fourth-order valence-electron chi connectivity index (χ4n) is 2.16. The van der Waals surface area contributed by atoms with Gasteiger partial charge in [-0.15, -0.1) is 0 Å². The summed E-state index contributed by atoms with van der Waals surface area (Å²) in [6.45, 7) is 2.57. The molecule has 0 atom stereocenters. The molecule has 0 aliphatic carbocycles. The Morgan fingerprint density at radius 3 is 2.25 bits per heavy atom. The summed E-state index contributed by atoms with van der Waals surface area (Å²) in [5.41, 5.74) is 4.33. The summed E-state index contributed by atoms with van der Waals surface area (Å²) in [7, 11) is -1.49. The van der Waals surface area contributed by atoms with Gasteiger partial charge in [0, 0.05) is 13.4 Å². The van der Waals surface area contributed by atoms with Crippen LogP contribution < -0.4 is 0 Å². The van der Waals surface area contributed by atoms with Crippen LogP contribution in [-0.4, -0.2) is 21.8 Å². The Balaban J connectivity index is 2.46. The SMILES string of the molecule is COCc1cc(C)ccc1-c1ccc(S(C)(=O)=O)cc1. The normalized spacial score (nSPS) is 11.6. The fourth-order valence-corrected chi connectivity index (χ4v) is 2.79. The molecule has 0 spiro atoms. The molecule has 3 nitrogen and oxygen atoms in total. The lowest BCUT2D eigenvalue weighted by atomic mass is 9.98. The van der Waals surface area contributed by atoms with E-state index in [0.29, 0.717) is 11.5 Å². The van der Waals surface area contributed by atoms with Crippen molar-refractivity contribution < 1.29 is 13.2 Å². The minimum Gasteiger partial charge on any atom is -0.380 e. The molecule has 0 fully saturated rings. The molecule has 0 aliphatic rings. The zero-order valence-electron chi connectivity index (χ0n) is 11.9. The Kier molecular flexibility index (Phi) is 4.26. The van der Waals surface area contributed by atoms with Crippen molar-refractivity contribution in [3.63, 3.8) is 0 Å².